The maximum atomic E-state index is 4.48. The Morgan fingerprint density at radius 1 is 0.245 bits per heavy atom. The third-order valence-corrected chi connectivity index (χ3v) is 8.57. The van der Waals surface area contributed by atoms with Crippen molar-refractivity contribution in [3.8, 4) is 45.6 Å². The lowest BCUT2D eigenvalue weighted by molar-refractivity contribution is 0.745. The van der Waals surface area contributed by atoms with Gasteiger partial charge < -0.3 is 0 Å². The molecule has 8 nitrogen and oxygen atoms in total. The zero-order valence-electron chi connectivity index (χ0n) is 26.2. The molecule has 0 N–H and O–H groups in total. The lowest BCUT2D eigenvalue weighted by Crippen LogP contribution is -2.31. The third kappa shape index (κ3) is 5.72. The molecule has 4 aromatic carbocycles. The molecular weight excluding hydrogens is 605 g/mol. The van der Waals surface area contributed by atoms with Gasteiger partial charge in [0.2, 0.25) is 0 Å². The predicted octanol–water partition coefficient (Wildman–Crippen LogP) is 7.90. The van der Waals surface area contributed by atoms with Gasteiger partial charge in [0, 0.05) is 71.8 Å². The van der Waals surface area contributed by atoms with Gasteiger partial charge >= 0.3 is 0 Å². The fourth-order valence-corrected chi connectivity index (χ4v) is 6.27. The summed E-state index contributed by atoms with van der Waals surface area (Å²) in [6, 6.07) is 41.3. The number of rotatable bonds is 8. The van der Waals surface area contributed by atoms with Crippen LogP contribution in [0.2, 0.25) is 0 Å². The number of hydrogen-bond donors (Lipinski definition) is 0. The monoisotopic (exact) mass is 632 g/mol. The Morgan fingerprint density at radius 2 is 0.429 bits per heavy atom. The van der Waals surface area contributed by atoms with Crippen molar-refractivity contribution in [1.29, 1.82) is 0 Å². The molecule has 0 aliphatic rings. The average Bonchev–Trinajstić information content (AvgIpc) is 3.20. The Bertz CT molecular complexity index is 1930. The molecule has 0 atom stereocenters. The molecule has 4 aromatic heterocycles. The van der Waals surface area contributed by atoms with Crippen LogP contribution in [0.4, 0.5) is 0 Å². The zero-order valence-corrected chi connectivity index (χ0v) is 26.2. The maximum absolute atomic E-state index is 4.48. The van der Waals surface area contributed by atoms with Crippen molar-refractivity contribution in [2.24, 2.45) is 0 Å². The Balaban J connectivity index is 1.35. The van der Waals surface area contributed by atoms with Crippen LogP contribution >= 0.6 is 0 Å². The number of benzene rings is 4. The summed E-state index contributed by atoms with van der Waals surface area (Å²) in [7, 11) is 0. The smallest absolute Gasteiger partial charge is 0.159 e. The van der Waals surface area contributed by atoms with Gasteiger partial charge in [-0.2, -0.15) is 0 Å². The number of nitrogens with zero attached hydrogens (tertiary/aromatic N) is 8. The number of aromatic nitrogens is 8. The number of hydrogen-bond acceptors (Lipinski definition) is 8. The van der Waals surface area contributed by atoms with Crippen LogP contribution in [0.25, 0.3) is 45.6 Å². The van der Waals surface area contributed by atoms with Crippen molar-refractivity contribution in [2.45, 2.75) is 5.41 Å². The van der Waals surface area contributed by atoms with E-state index in [2.05, 4.69) is 137 Å². The molecule has 0 radical (unpaired) electrons. The van der Waals surface area contributed by atoms with E-state index in [0.717, 1.165) is 44.5 Å². The molecule has 0 bridgehead atoms. The molecule has 8 heteroatoms. The summed E-state index contributed by atoms with van der Waals surface area (Å²) in [6.45, 7) is 0. The molecule has 4 heterocycles. The molecule has 8 rings (SSSR count). The van der Waals surface area contributed by atoms with E-state index in [9.17, 15) is 0 Å². The first-order chi connectivity index (χ1) is 24.3. The van der Waals surface area contributed by atoms with Crippen molar-refractivity contribution in [2.75, 3.05) is 0 Å². The largest absolute Gasteiger partial charge is 0.237 e. The van der Waals surface area contributed by atoms with E-state index in [0.29, 0.717) is 23.3 Å². The van der Waals surface area contributed by atoms with E-state index in [4.69, 9.17) is 0 Å². The van der Waals surface area contributed by atoms with Crippen LogP contribution in [0.15, 0.2) is 171 Å². The molecular formula is C41H28N8. The molecule has 0 aliphatic heterocycles. The molecule has 232 valence electrons. The van der Waals surface area contributed by atoms with Crippen LogP contribution in [0, 0.1) is 0 Å². The summed E-state index contributed by atoms with van der Waals surface area (Å²) in [5.41, 5.74) is 7.29. The lowest BCUT2D eigenvalue weighted by Gasteiger charge is -2.37. The van der Waals surface area contributed by atoms with Gasteiger partial charge in [0.05, 0.1) is 5.41 Å². The first-order valence-electron chi connectivity index (χ1n) is 15.8. The van der Waals surface area contributed by atoms with Crippen LogP contribution in [0.1, 0.15) is 22.3 Å². The summed E-state index contributed by atoms with van der Waals surface area (Å²) in [4.78, 5) is 35.9. The van der Waals surface area contributed by atoms with Crippen LogP contribution in [0.3, 0.4) is 0 Å². The third-order valence-electron chi connectivity index (χ3n) is 8.57. The van der Waals surface area contributed by atoms with Gasteiger partial charge in [-0.25, -0.2) is 39.9 Å². The van der Waals surface area contributed by atoms with Gasteiger partial charge in [-0.1, -0.05) is 97.1 Å². The highest BCUT2D eigenvalue weighted by Crippen LogP contribution is 2.46. The summed E-state index contributed by atoms with van der Waals surface area (Å²) in [6.07, 6.45) is 14.1. The molecule has 49 heavy (non-hydrogen) atoms. The van der Waals surface area contributed by atoms with Crippen molar-refractivity contribution < 1.29 is 0 Å². The minimum absolute atomic E-state index is 0.672. The second-order valence-electron chi connectivity index (χ2n) is 11.3. The highest BCUT2D eigenvalue weighted by Gasteiger charge is 2.38. The van der Waals surface area contributed by atoms with Gasteiger partial charge in [0.15, 0.2) is 23.3 Å². The van der Waals surface area contributed by atoms with E-state index >= 15 is 0 Å². The van der Waals surface area contributed by atoms with Crippen molar-refractivity contribution >= 4 is 0 Å². The summed E-state index contributed by atoms with van der Waals surface area (Å²) in [5.74, 6) is 2.69. The minimum atomic E-state index is -0.738. The fraction of sp³-hybridized carbons (Fsp3) is 0.0244. The van der Waals surface area contributed by atoms with E-state index in [-0.39, 0.29) is 0 Å². The van der Waals surface area contributed by atoms with E-state index in [1.165, 1.54) is 0 Å². The Hall–Kier alpha value is -6.80. The van der Waals surface area contributed by atoms with Crippen LogP contribution in [-0.4, -0.2) is 39.9 Å². The zero-order chi connectivity index (χ0) is 32.9. The molecule has 8 aromatic rings. The average molecular weight is 633 g/mol. The standard InChI is InChI=1S/C41H28N8/c1-21-42-37(43-22-1)29-5-13-33(14-6-29)41(34-15-7-30(8-16-34)38-44-23-2-24-45-38,35-17-9-31(10-18-35)39-46-25-3-26-47-39)36-19-11-32(12-20-36)40-48-27-4-28-49-40/h1-28H. The fourth-order valence-electron chi connectivity index (χ4n) is 6.27. The van der Waals surface area contributed by atoms with Crippen molar-refractivity contribution in [1.82, 2.24) is 39.9 Å². The summed E-state index contributed by atoms with van der Waals surface area (Å²) < 4.78 is 0. The topological polar surface area (TPSA) is 103 Å². The molecule has 0 aliphatic carbocycles. The molecule has 0 spiro atoms. The summed E-state index contributed by atoms with van der Waals surface area (Å²) in [5, 5.41) is 0. The van der Waals surface area contributed by atoms with Crippen LogP contribution < -0.4 is 0 Å². The van der Waals surface area contributed by atoms with Gasteiger partial charge in [0.1, 0.15) is 0 Å². The SMILES string of the molecule is c1cnc(-c2ccc(C(c3ccc(-c4ncccn4)cc3)(c3ccc(-c4ncccn4)cc3)c3ccc(-c4ncccn4)cc3)cc2)nc1. The van der Waals surface area contributed by atoms with Gasteiger partial charge in [-0.3, -0.25) is 0 Å². The van der Waals surface area contributed by atoms with E-state index in [1.807, 2.05) is 24.3 Å². The predicted molar refractivity (Wildman–Crippen MR) is 189 cm³/mol. The Morgan fingerprint density at radius 3 is 0.612 bits per heavy atom. The van der Waals surface area contributed by atoms with E-state index < -0.39 is 5.41 Å². The minimum Gasteiger partial charge on any atom is -0.237 e. The molecule has 0 amide bonds. The molecule has 0 fully saturated rings. The van der Waals surface area contributed by atoms with Crippen molar-refractivity contribution in [3.05, 3.63) is 193 Å². The quantitative estimate of drug-likeness (QED) is 0.156. The van der Waals surface area contributed by atoms with Gasteiger partial charge in [0.25, 0.3) is 0 Å². The molecule has 0 saturated carbocycles. The van der Waals surface area contributed by atoms with E-state index in [1.54, 1.807) is 49.6 Å². The normalized spacial score (nSPS) is 11.3. The van der Waals surface area contributed by atoms with Crippen LogP contribution in [0.5, 0.6) is 0 Å². The highest BCUT2D eigenvalue weighted by molar-refractivity contribution is 5.68. The second-order valence-corrected chi connectivity index (χ2v) is 11.3. The Labute approximate surface area is 283 Å². The molecule has 0 unspecified atom stereocenters. The van der Waals surface area contributed by atoms with Crippen LogP contribution in [-0.2, 0) is 5.41 Å². The summed E-state index contributed by atoms with van der Waals surface area (Å²) >= 11 is 0. The van der Waals surface area contributed by atoms with Crippen molar-refractivity contribution in [3.63, 3.8) is 0 Å². The first-order valence-corrected chi connectivity index (χ1v) is 15.8. The first kappa shape index (κ1) is 29.6. The second kappa shape index (κ2) is 13.1. The lowest BCUT2D eigenvalue weighted by atomic mass is 9.64. The van der Waals surface area contributed by atoms with Gasteiger partial charge in [-0.15, -0.1) is 0 Å². The molecule has 0 saturated heterocycles. The Kier molecular flexibility index (Phi) is 7.93. The maximum Gasteiger partial charge on any atom is 0.159 e. The van der Waals surface area contributed by atoms with Gasteiger partial charge in [-0.05, 0) is 46.5 Å². The highest BCUT2D eigenvalue weighted by atomic mass is 14.9.